The fourth-order valence-electron chi connectivity index (χ4n) is 1.52. The van der Waals surface area contributed by atoms with E-state index in [9.17, 15) is 8.60 Å². The van der Waals surface area contributed by atoms with Gasteiger partial charge in [-0.15, -0.1) is 0 Å². The Morgan fingerprint density at radius 3 is 2.65 bits per heavy atom. The number of aromatic nitrogens is 1. The molecule has 1 atom stereocenters. The van der Waals surface area contributed by atoms with Gasteiger partial charge in [0.25, 0.3) is 0 Å². The molecule has 0 saturated heterocycles. The van der Waals surface area contributed by atoms with Crippen LogP contribution in [0.25, 0.3) is 0 Å². The lowest BCUT2D eigenvalue weighted by molar-refractivity contribution is 0.595. The van der Waals surface area contributed by atoms with Crippen LogP contribution in [0.5, 0.6) is 0 Å². The molecule has 17 heavy (non-hydrogen) atoms. The van der Waals surface area contributed by atoms with E-state index in [1.54, 1.807) is 24.3 Å². The van der Waals surface area contributed by atoms with E-state index in [0.29, 0.717) is 5.69 Å². The van der Waals surface area contributed by atoms with Crippen LogP contribution in [0.1, 0.15) is 11.4 Å². The molecule has 2 aromatic rings. The summed E-state index contributed by atoms with van der Waals surface area (Å²) in [4.78, 5) is 4.49. The zero-order valence-electron chi connectivity index (χ0n) is 9.39. The summed E-state index contributed by atoms with van der Waals surface area (Å²) >= 11 is 0. The average Bonchev–Trinajstić information content (AvgIpc) is 2.29. The Bertz CT molecular complexity index is 557. The SMILES string of the molecule is Cc1cccc(CS(=O)c2ccccc2F)n1. The molecule has 0 aliphatic carbocycles. The van der Waals surface area contributed by atoms with Crippen molar-refractivity contribution >= 4 is 10.8 Å². The Morgan fingerprint density at radius 1 is 1.18 bits per heavy atom. The van der Waals surface area contributed by atoms with Gasteiger partial charge in [-0.1, -0.05) is 18.2 Å². The summed E-state index contributed by atoms with van der Waals surface area (Å²) in [7, 11) is -1.39. The van der Waals surface area contributed by atoms with Gasteiger partial charge in [-0.3, -0.25) is 9.19 Å². The molecule has 0 bridgehead atoms. The second kappa shape index (κ2) is 5.19. The Hall–Kier alpha value is -1.55. The molecule has 88 valence electrons. The van der Waals surface area contributed by atoms with Gasteiger partial charge in [-0.2, -0.15) is 0 Å². The molecule has 4 heteroatoms. The third kappa shape index (κ3) is 2.97. The van der Waals surface area contributed by atoms with E-state index in [0.717, 1.165) is 5.69 Å². The number of benzene rings is 1. The molecule has 2 rings (SSSR count). The van der Waals surface area contributed by atoms with E-state index < -0.39 is 16.6 Å². The number of hydrogen-bond acceptors (Lipinski definition) is 2. The molecule has 0 amide bonds. The van der Waals surface area contributed by atoms with Gasteiger partial charge >= 0.3 is 0 Å². The summed E-state index contributed by atoms with van der Waals surface area (Å²) in [5.41, 5.74) is 1.58. The molecule has 1 aromatic heterocycles. The molecule has 2 nitrogen and oxygen atoms in total. The van der Waals surface area contributed by atoms with Crippen LogP contribution in [0.4, 0.5) is 4.39 Å². The van der Waals surface area contributed by atoms with Crippen LogP contribution >= 0.6 is 0 Å². The van der Waals surface area contributed by atoms with Crippen LogP contribution in [0.2, 0.25) is 0 Å². The van der Waals surface area contributed by atoms with Gasteiger partial charge in [-0.05, 0) is 31.2 Å². The lowest BCUT2D eigenvalue weighted by Gasteiger charge is -2.03. The van der Waals surface area contributed by atoms with Crippen LogP contribution in [0.15, 0.2) is 47.4 Å². The molecule has 0 fully saturated rings. The maximum atomic E-state index is 13.4. The largest absolute Gasteiger partial charge is 0.257 e. The van der Waals surface area contributed by atoms with Gasteiger partial charge in [0.1, 0.15) is 5.82 Å². The van der Waals surface area contributed by atoms with Gasteiger partial charge < -0.3 is 0 Å². The fraction of sp³-hybridized carbons (Fsp3) is 0.154. The van der Waals surface area contributed by atoms with Crippen molar-refractivity contribution in [2.75, 3.05) is 0 Å². The molecule has 0 aliphatic heterocycles. The Balaban J connectivity index is 2.20. The van der Waals surface area contributed by atoms with Crippen molar-refractivity contribution in [3.05, 3.63) is 59.7 Å². The van der Waals surface area contributed by atoms with E-state index in [2.05, 4.69) is 4.98 Å². The van der Waals surface area contributed by atoms with Crippen molar-refractivity contribution in [3.8, 4) is 0 Å². The molecule has 1 unspecified atom stereocenters. The Kier molecular flexibility index (Phi) is 3.64. The molecular formula is C13H12FNOS. The Morgan fingerprint density at radius 2 is 1.94 bits per heavy atom. The average molecular weight is 249 g/mol. The fourth-order valence-corrected chi connectivity index (χ4v) is 2.62. The summed E-state index contributed by atoms with van der Waals surface area (Å²) in [5, 5.41) is 0. The number of halogens is 1. The molecule has 0 N–H and O–H groups in total. The summed E-state index contributed by atoms with van der Waals surface area (Å²) in [6, 6.07) is 11.6. The number of hydrogen-bond donors (Lipinski definition) is 0. The van der Waals surface area contributed by atoms with E-state index in [1.807, 2.05) is 19.1 Å². The predicted molar refractivity (Wildman–Crippen MR) is 65.5 cm³/mol. The second-order valence-corrected chi connectivity index (χ2v) is 5.11. The number of aryl methyl sites for hydroxylation is 1. The molecule has 1 aromatic carbocycles. The van der Waals surface area contributed by atoms with Crippen molar-refractivity contribution in [2.45, 2.75) is 17.6 Å². The molecular weight excluding hydrogens is 237 g/mol. The van der Waals surface area contributed by atoms with Crippen LogP contribution in [0.3, 0.4) is 0 Å². The highest BCUT2D eigenvalue weighted by Crippen LogP contribution is 2.14. The third-order valence-electron chi connectivity index (χ3n) is 2.31. The van der Waals surface area contributed by atoms with E-state index in [1.165, 1.54) is 6.07 Å². The van der Waals surface area contributed by atoms with Crippen LogP contribution in [0, 0.1) is 12.7 Å². The van der Waals surface area contributed by atoms with Gasteiger partial charge in [0, 0.05) is 5.69 Å². The number of nitrogens with zero attached hydrogens (tertiary/aromatic N) is 1. The highest BCUT2D eigenvalue weighted by molar-refractivity contribution is 7.84. The van der Waals surface area contributed by atoms with Gasteiger partial charge in [-0.25, -0.2) is 4.39 Å². The summed E-state index contributed by atoms with van der Waals surface area (Å²) in [6.45, 7) is 1.87. The summed E-state index contributed by atoms with van der Waals surface area (Å²) in [6.07, 6.45) is 0. The van der Waals surface area contributed by atoms with Crippen molar-refractivity contribution in [2.24, 2.45) is 0 Å². The van der Waals surface area contributed by atoms with Gasteiger partial charge in [0.05, 0.1) is 27.1 Å². The molecule has 0 saturated carbocycles. The van der Waals surface area contributed by atoms with Crippen molar-refractivity contribution in [1.29, 1.82) is 0 Å². The zero-order valence-corrected chi connectivity index (χ0v) is 10.2. The monoisotopic (exact) mass is 249 g/mol. The summed E-state index contributed by atoms with van der Waals surface area (Å²) in [5.74, 6) is -0.193. The number of rotatable bonds is 3. The number of pyridine rings is 1. The van der Waals surface area contributed by atoms with E-state index >= 15 is 0 Å². The van der Waals surface area contributed by atoms with Gasteiger partial charge in [0.15, 0.2) is 0 Å². The van der Waals surface area contributed by atoms with Crippen molar-refractivity contribution in [3.63, 3.8) is 0 Å². The van der Waals surface area contributed by atoms with Crippen LogP contribution < -0.4 is 0 Å². The Labute approximate surface area is 102 Å². The smallest absolute Gasteiger partial charge is 0.139 e. The second-order valence-electron chi connectivity index (χ2n) is 3.69. The minimum absolute atomic E-state index is 0.232. The highest BCUT2D eigenvalue weighted by atomic mass is 32.2. The first-order chi connectivity index (χ1) is 8.16. The maximum Gasteiger partial charge on any atom is 0.139 e. The molecule has 0 radical (unpaired) electrons. The van der Waals surface area contributed by atoms with E-state index in [4.69, 9.17) is 0 Å². The molecule has 0 aliphatic rings. The topological polar surface area (TPSA) is 30.0 Å². The third-order valence-corrected chi connectivity index (χ3v) is 3.69. The molecule has 1 heterocycles. The first kappa shape index (κ1) is 11.9. The van der Waals surface area contributed by atoms with Gasteiger partial charge in [0.2, 0.25) is 0 Å². The van der Waals surface area contributed by atoms with Crippen LogP contribution in [-0.4, -0.2) is 9.19 Å². The minimum atomic E-state index is -1.39. The minimum Gasteiger partial charge on any atom is -0.257 e. The lowest BCUT2D eigenvalue weighted by Crippen LogP contribution is -2.01. The predicted octanol–water partition coefficient (Wildman–Crippen LogP) is 2.84. The maximum absolute atomic E-state index is 13.4. The molecule has 0 spiro atoms. The quantitative estimate of drug-likeness (QED) is 0.837. The zero-order chi connectivity index (χ0) is 12.3. The standard InChI is InChI=1S/C13H12FNOS/c1-10-5-4-6-11(15-10)9-17(16)13-8-3-2-7-12(13)14/h2-8H,9H2,1H3. The summed E-state index contributed by atoms with van der Waals surface area (Å²) < 4.78 is 25.4. The van der Waals surface area contributed by atoms with Crippen LogP contribution in [-0.2, 0) is 16.6 Å². The lowest BCUT2D eigenvalue weighted by atomic mass is 10.3. The normalized spacial score (nSPS) is 12.4. The first-order valence-corrected chi connectivity index (χ1v) is 6.54. The van der Waals surface area contributed by atoms with Crippen molar-refractivity contribution in [1.82, 2.24) is 4.98 Å². The highest BCUT2D eigenvalue weighted by Gasteiger charge is 2.10. The first-order valence-electron chi connectivity index (χ1n) is 5.22. The van der Waals surface area contributed by atoms with E-state index in [-0.39, 0.29) is 10.6 Å². The van der Waals surface area contributed by atoms with Crippen molar-refractivity contribution < 1.29 is 8.60 Å².